The van der Waals surface area contributed by atoms with Gasteiger partial charge in [-0.3, -0.25) is 0 Å². The average molecular weight is 257 g/mol. The van der Waals surface area contributed by atoms with E-state index in [2.05, 4.69) is 0 Å². The van der Waals surface area contributed by atoms with Crippen molar-refractivity contribution in [3.63, 3.8) is 0 Å². The number of allylic oxidation sites excluding steroid dienone is 1. The third-order valence-electron chi connectivity index (χ3n) is 1.46. The monoisotopic (exact) mass is 256 g/mol. The zero-order valence-corrected chi connectivity index (χ0v) is 11.8. The number of hydrogen-bond acceptors (Lipinski definition) is 3. The molecule has 0 N–H and O–H groups in total. The Hall–Kier alpha value is -0.0331. The molecular weight excluding hydrogens is 243 g/mol. The molecule has 0 amide bonds. The first-order valence-corrected chi connectivity index (χ1v) is 5.81. The molecule has 0 saturated carbocycles. The van der Waals surface area contributed by atoms with E-state index in [1.54, 1.807) is 13.0 Å². The van der Waals surface area contributed by atoms with Gasteiger partial charge in [-0.25, -0.2) is 4.79 Å². The Bertz CT molecular complexity index is 207. The van der Waals surface area contributed by atoms with Gasteiger partial charge in [0, 0.05) is 12.5 Å². The number of carbonyl (C=O) groups excluding carboxylic acids is 1. The molecule has 0 spiro atoms. The van der Waals surface area contributed by atoms with Crippen molar-refractivity contribution < 1.29 is 14.0 Å². The van der Waals surface area contributed by atoms with Crippen molar-refractivity contribution in [2.45, 2.75) is 24.3 Å². The highest BCUT2D eigenvalue weighted by Gasteiger charge is 2.21. The number of carbonyl (C=O) groups is 1. The molecule has 3 nitrogen and oxygen atoms in total. The molecule has 0 atom stereocenters. The average Bonchev–Trinajstić information content (AvgIpc) is 2.13. The Balaban J connectivity index is 3.52. The van der Waals surface area contributed by atoms with E-state index in [1.807, 2.05) is 0 Å². The maximum Gasteiger partial charge on any atom is 0.330 e. The molecule has 0 fully saturated rings. The number of halogens is 2. The Kier molecular flexibility index (Phi) is 7.27. The van der Waals surface area contributed by atoms with Crippen LogP contribution in [0.4, 0.5) is 0 Å². The highest BCUT2D eigenvalue weighted by molar-refractivity contribution is 6.48. The number of esters is 1. The molecule has 0 heterocycles. The minimum Gasteiger partial charge on any atom is -0.463 e. The van der Waals surface area contributed by atoms with E-state index < -0.39 is 4.52 Å². The van der Waals surface area contributed by atoms with Crippen molar-refractivity contribution in [3.05, 3.63) is 12.2 Å². The van der Waals surface area contributed by atoms with Gasteiger partial charge in [0.05, 0.1) is 6.61 Å². The van der Waals surface area contributed by atoms with Crippen molar-refractivity contribution in [2.24, 2.45) is 0 Å². The van der Waals surface area contributed by atoms with Crippen molar-refractivity contribution in [1.29, 1.82) is 0 Å². The van der Waals surface area contributed by atoms with E-state index in [1.165, 1.54) is 6.08 Å². The zero-order valence-electron chi connectivity index (χ0n) is 8.26. The third-order valence-corrected chi connectivity index (χ3v) is 3.36. The molecule has 0 bridgehead atoms. The maximum atomic E-state index is 10.8. The molecule has 0 radical (unpaired) electrons. The molecule has 0 aliphatic heterocycles. The lowest BCUT2D eigenvalue weighted by atomic mass is 10.3. The summed E-state index contributed by atoms with van der Waals surface area (Å²) in [5.74, 6) is -0.353. The Labute approximate surface area is 96.9 Å². The second kappa shape index (κ2) is 7.28. The highest BCUT2D eigenvalue weighted by Crippen LogP contribution is 2.26. The molecule has 82 valence electrons. The summed E-state index contributed by atoms with van der Waals surface area (Å²) in [6, 6.07) is 0. The lowest BCUT2D eigenvalue weighted by Crippen LogP contribution is -2.17. The van der Waals surface area contributed by atoms with Crippen LogP contribution in [0.25, 0.3) is 0 Å². The van der Waals surface area contributed by atoms with Gasteiger partial charge < -0.3 is 9.16 Å². The molecular formula is C8H14Cl2O3Si. The predicted octanol–water partition coefficient (Wildman–Crippen LogP) is 1.31. The summed E-state index contributed by atoms with van der Waals surface area (Å²) >= 11 is 11.4. The molecule has 6 heteroatoms. The van der Waals surface area contributed by atoms with E-state index in [0.717, 1.165) is 0 Å². The van der Waals surface area contributed by atoms with Crippen LogP contribution in [0.2, 0.25) is 0 Å². The molecule has 0 aliphatic rings. The second-order valence-electron chi connectivity index (χ2n) is 2.61. The molecule has 0 rings (SSSR count). The summed E-state index contributed by atoms with van der Waals surface area (Å²) in [7, 11) is 0.481. The van der Waals surface area contributed by atoms with E-state index >= 15 is 0 Å². The largest absolute Gasteiger partial charge is 0.463 e. The molecule has 0 saturated heterocycles. The summed E-state index contributed by atoms with van der Waals surface area (Å²) < 4.78 is 8.62. The molecule has 0 unspecified atom stereocenters. The maximum absolute atomic E-state index is 10.8. The molecule has 0 aromatic rings. The topological polar surface area (TPSA) is 35.5 Å². The Morgan fingerprint density at radius 2 is 2.21 bits per heavy atom. The zero-order chi connectivity index (χ0) is 11.0. The van der Waals surface area contributed by atoms with Crippen LogP contribution in [0.1, 0.15) is 19.8 Å². The van der Waals surface area contributed by atoms with Crippen LogP contribution in [0, 0.1) is 0 Å². The highest BCUT2D eigenvalue weighted by atomic mass is 35.5. The fourth-order valence-corrected chi connectivity index (χ4v) is 1.21. The van der Waals surface area contributed by atoms with Gasteiger partial charge in [-0.05, 0) is 13.3 Å². The van der Waals surface area contributed by atoms with E-state index in [4.69, 9.17) is 32.4 Å². The van der Waals surface area contributed by atoms with Gasteiger partial charge in [0.1, 0.15) is 10.5 Å². The van der Waals surface area contributed by atoms with Gasteiger partial charge >= 0.3 is 5.97 Å². The summed E-state index contributed by atoms with van der Waals surface area (Å²) in [4.78, 5) is 10.8. The number of hydrogen-bond donors (Lipinski definition) is 0. The lowest BCUT2D eigenvalue weighted by molar-refractivity contribution is -0.137. The first kappa shape index (κ1) is 14.0. The molecule has 0 aromatic carbocycles. The Morgan fingerprint density at radius 1 is 1.57 bits per heavy atom. The van der Waals surface area contributed by atoms with Gasteiger partial charge in [-0.1, -0.05) is 29.3 Å². The normalized spacial score (nSPS) is 12.2. The first-order chi connectivity index (χ1) is 6.52. The summed E-state index contributed by atoms with van der Waals surface area (Å²) in [6.07, 6.45) is 4.01. The second-order valence-corrected chi connectivity index (χ2v) is 4.44. The van der Waals surface area contributed by atoms with Crippen molar-refractivity contribution in [2.75, 3.05) is 6.61 Å². The molecule has 0 aliphatic carbocycles. The fraction of sp³-hybridized carbons (Fsp3) is 0.625. The minimum absolute atomic E-state index is 0.301. The summed E-state index contributed by atoms with van der Waals surface area (Å²) in [6.45, 7) is 2.05. The van der Waals surface area contributed by atoms with Crippen LogP contribution in [0.15, 0.2) is 12.2 Å². The standard InChI is InChI=1S/C8H14Cl2O3Si/c1-2-4-7(11)12-6-3-5-8(9,10)13-14/h2,4H,3,5-6H2,1,14H3. The van der Waals surface area contributed by atoms with Gasteiger partial charge in [-0.2, -0.15) is 0 Å². The van der Waals surface area contributed by atoms with E-state index in [9.17, 15) is 4.79 Å². The van der Waals surface area contributed by atoms with Crippen molar-refractivity contribution in [3.8, 4) is 0 Å². The van der Waals surface area contributed by atoms with Crippen LogP contribution in [0.3, 0.4) is 0 Å². The first-order valence-electron chi connectivity index (χ1n) is 4.24. The quantitative estimate of drug-likeness (QED) is 0.237. The molecule has 0 aromatic heterocycles. The summed E-state index contributed by atoms with van der Waals surface area (Å²) in [5.41, 5.74) is 0. The SMILES string of the molecule is CC=CC(=O)OCCCC(Cl)(Cl)O[SiH3]. The van der Waals surface area contributed by atoms with Gasteiger partial charge in [0.25, 0.3) is 0 Å². The smallest absolute Gasteiger partial charge is 0.330 e. The van der Waals surface area contributed by atoms with E-state index in [0.29, 0.717) is 29.9 Å². The minimum atomic E-state index is -1.13. The lowest BCUT2D eigenvalue weighted by Gasteiger charge is -2.17. The summed E-state index contributed by atoms with van der Waals surface area (Å²) in [5, 5.41) is 0. The number of alkyl halides is 2. The van der Waals surface area contributed by atoms with Crippen LogP contribution in [-0.4, -0.2) is 27.6 Å². The predicted molar refractivity (Wildman–Crippen MR) is 60.5 cm³/mol. The van der Waals surface area contributed by atoms with Gasteiger partial charge in [-0.15, -0.1) is 0 Å². The van der Waals surface area contributed by atoms with Gasteiger partial charge in [0.2, 0.25) is 4.52 Å². The number of rotatable bonds is 6. The van der Waals surface area contributed by atoms with Crippen LogP contribution in [0.5, 0.6) is 0 Å². The number of ether oxygens (including phenoxy) is 1. The fourth-order valence-electron chi connectivity index (χ4n) is 0.737. The van der Waals surface area contributed by atoms with E-state index in [-0.39, 0.29) is 5.97 Å². The molecule has 14 heavy (non-hydrogen) atoms. The van der Waals surface area contributed by atoms with Crippen molar-refractivity contribution >= 4 is 39.7 Å². The third kappa shape index (κ3) is 7.38. The van der Waals surface area contributed by atoms with Crippen LogP contribution < -0.4 is 0 Å². The van der Waals surface area contributed by atoms with Crippen molar-refractivity contribution in [1.82, 2.24) is 0 Å². The van der Waals surface area contributed by atoms with Gasteiger partial charge in [0.15, 0.2) is 0 Å². The van der Waals surface area contributed by atoms with Crippen LogP contribution >= 0.6 is 23.2 Å². The Morgan fingerprint density at radius 3 is 2.71 bits per heavy atom. The van der Waals surface area contributed by atoms with Crippen LogP contribution in [-0.2, 0) is 14.0 Å².